The normalized spacial score (nSPS) is 18.7. The van der Waals surface area contributed by atoms with E-state index in [0.29, 0.717) is 6.54 Å². The van der Waals surface area contributed by atoms with Gasteiger partial charge in [-0.15, -0.1) is 11.3 Å². The van der Waals surface area contributed by atoms with E-state index >= 15 is 0 Å². The van der Waals surface area contributed by atoms with E-state index in [1.54, 1.807) is 25.4 Å². The van der Waals surface area contributed by atoms with Crippen LogP contribution in [0.25, 0.3) is 0 Å². The summed E-state index contributed by atoms with van der Waals surface area (Å²) in [7, 11) is 1.64. The van der Waals surface area contributed by atoms with Gasteiger partial charge in [0.05, 0.1) is 12.8 Å². The van der Waals surface area contributed by atoms with Crippen molar-refractivity contribution in [2.75, 3.05) is 38.2 Å². The fraction of sp³-hybridized carbons (Fsp3) is 0.500. The monoisotopic (exact) mass is 428 g/mol. The van der Waals surface area contributed by atoms with E-state index < -0.39 is 0 Å². The number of thiazole rings is 1. The smallest absolute Gasteiger partial charge is 0.223 e. The van der Waals surface area contributed by atoms with Gasteiger partial charge in [-0.1, -0.05) is 18.2 Å². The number of piperazine rings is 1. The molecule has 0 spiro atoms. The molecule has 1 aromatic heterocycles. The summed E-state index contributed by atoms with van der Waals surface area (Å²) in [6.07, 6.45) is 2.41. The van der Waals surface area contributed by atoms with Crippen LogP contribution < -0.4 is 15.0 Å². The SMILES string of the molecule is COc1ccccc1CNC(=O)[C@@H]1CCc2nc(N3CCN(C(C)=O)CC3)sc2C1. The molecule has 7 nitrogen and oxygen atoms in total. The first-order valence-electron chi connectivity index (χ1n) is 10.4. The van der Waals surface area contributed by atoms with Crippen molar-refractivity contribution in [1.29, 1.82) is 0 Å². The summed E-state index contributed by atoms with van der Waals surface area (Å²) in [5.74, 6) is 1.00. The number of hydrogen-bond donors (Lipinski definition) is 1. The molecular formula is C22H28N4O3S. The minimum atomic E-state index is -0.0185. The van der Waals surface area contributed by atoms with E-state index in [2.05, 4.69) is 10.2 Å². The molecule has 30 heavy (non-hydrogen) atoms. The summed E-state index contributed by atoms with van der Waals surface area (Å²) >= 11 is 1.70. The quantitative estimate of drug-likeness (QED) is 0.791. The van der Waals surface area contributed by atoms with Gasteiger partial charge < -0.3 is 19.9 Å². The molecule has 0 bridgehead atoms. The number of rotatable bonds is 5. The number of nitrogens with one attached hydrogen (secondary N) is 1. The van der Waals surface area contributed by atoms with E-state index in [1.807, 2.05) is 29.2 Å². The Labute approximate surface area is 181 Å². The molecule has 2 aliphatic rings. The Hall–Kier alpha value is -2.61. The van der Waals surface area contributed by atoms with Crippen molar-refractivity contribution in [3.63, 3.8) is 0 Å². The van der Waals surface area contributed by atoms with Crippen molar-refractivity contribution in [2.24, 2.45) is 5.92 Å². The largest absolute Gasteiger partial charge is 0.496 e. The van der Waals surface area contributed by atoms with Crippen LogP contribution in [0.3, 0.4) is 0 Å². The highest BCUT2D eigenvalue weighted by Crippen LogP contribution is 2.34. The number of methoxy groups -OCH3 is 1. The highest BCUT2D eigenvalue weighted by Gasteiger charge is 2.29. The van der Waals surface area contributed by atoms with Crippen LogP contribution >= 0.6 is 11.3 Å². The van der Waals surface area contributed by atoms with Crippen LogP contribution in [0.15, 0.2) is 24.3 Å². The second-order valence-corrected chi connectivity index (χ2v) is 8.89. The van der Waals surface area contributed by atoms with E-state index in [-0.39, 0.29) is 17.7 Å². The van der Waals surface area contributed by atoms with Gasteiger partial charge in [0.15, 0.2) is 5.13 Å². The molecule has 2 amide bonds. The molecule has 1 atom stereocenters. The van der Waals surface area contributed by atoms with Gasteiger partial charge >= 0.3 is 0 Å². The number of hydrogen-bond acceptors (Lipinski definition) is 6. The van der Waals surface area contributed by atoms with Gasteiger partial charge in [-0.2, -0.15) is 0 Å². The maximum absolute atomic E-state index is 12.8. The lowest BCUT2D eigenvalue weighted by atomic mass is 9.90. The summed E-state index contributed by atoms with van der Waals surface area (Å²) in [5.41, 5.74) is 2.12. The number of ether oxygens (including phenoxy) is 1. The molecule has 4 rings (SSSR count). The van der Waals surface area contributed by atoms with E-state index in [4.69, 9.17) is 9.72 Å². The zero-order chi connectivity index (χ0) is 21.1. The topological polar surface area (TPSA) is 74.8 Å². The van der Waals surface area contributed by atoms with E-state index in [0.717, 1.165) is 67.6 Å². The van der Waals surface area contributed by atoms with Gasteiger partial charge in [-0.3, -0.25) is 9.59 Å². The van der Waals surface area contributed by atoms with Crippen molar-refractivity contribution in [3.05, 3.63) is 40.4 Å². The van der Waals surface area contributed by atoms with Crippen molar-refractivity contribution < 1.29 is 14.3 Å². The Morgan fingerprint density at radius 3 is 2.73 bits per heavy atom. The molecule has 2 aromatic rings. The number of para-hydroxylation sites is 1. The third kappa shape index (κ3) is 4.43. The first kappa shape index (κ1) is 20.7. The number of fused-ring (bicyclic) bond motifs is 1. The molecule has 1 fully saturated rings. The van der Waals surface area contributed by atoms with Gasteiger partial charge in [0, 0.05) is 56.0 Å². The molecule has 2 heterocycles. The van der Waals surface area contributed by atoms with Crippen LogP contribution in [-0.2, 0) is 29.0 Å². The predicted octanol–water partition coefficient (Wildman–Crippen LogP) is 2.24. The number of amides is 2. The molecule has 1 N–H and O–H groups in total. The average molecular weight is 429 g/mol. The number of carbonyl (C=O) groups excluding carboxylic acids is 2. The second-order valence-electron chi connectivity index (χ2n) is 7.83. The van der Waals surface area contributed by atoms with Crippen LogP contribution in [0.1, 0.15) is 29.5 Å². The van der Waals surface area contributed by atoms with Gasteiger partial charge in [0.25, 0.3) is 0 Å². The summed E-state index contributed by atoms with van der Waals surface area (Å²) in [6.45, 7) is 5.21. The fourth-order valence-electron chi connectivity index (χ4n) is 4.11. The highest BCUT2D eigenvalue weighted by atomic mass is 32.1. The van der Waals surface area contributed by atoms with Crippen molar-refractivity contribution in [1.82, 2.24) is 15.2 Å². The van der Waals surface area contributed by atoms with Gasteiger partial charge in [-0.25, -0.2) is 4.98 Å². The van der Waals surface area contributed by atoms with Crippen molar-refractivity contribution in [3.8, 4) is 5.75 Å². The zero-order valence-corrected chi connectivity index (χ0v) is 18.3. The Morgan fingerprint density at radius 1 is 1.23 bits per heavy atom. The number of aryl methyl sites for hydroxylation is 1. The summed E-state index contributed by atoms with van der Waals surface area (Å²) < 4.78 is 5.37. The lowest BCUT2D eigenvalue weighted by Gasteiger charge is -2.33. The summed E-state index contributed by atoms with van der Waals surface area (Å²) in [6, 6.07) is 7.75. The first-order valence-corrected chi connectivity index (χ1v) is 11.3. The molecule has 0 saturated carbocycles. The van der Waals surface area contributed by atoms with Gasteiger partial charge in [-0.05, 0) is 25.3 Å². The van der Waals surface area contributed by atoms with E-state index in [1.165, 1.54) is 4.88 Å². The fourth-order valence-corrected chi connectivity index (χ4v) is 5.35. The lowest BCUT2D eigenvalue weighted by molar-refractivity contribution is -0.129. The number of benzene rings is 1. The number of carbonyl (C=O) groups is 2. The summed E-state index contributed by atoms with van der Waals surface area (Å²) in [4.78, 5) is 34.5. The average Bonchev–Trinajstić information content (AvgIpc) is 3.21. The van der Waals surface area contributed by atoms with Crippen LogP contribution in [0.2, 0.25) is 0 Å². The second kappa shape index (κ2) is 9.04. The highest BCUT2D eigenvalue weighted by molar-refractivity contribution is 7.15. The zero-order valence-electron chi connectivity index (χ0n) is 17.5. The predicted molar refractivity (Wildman–Crippen MR) is 117 cm³/mol. The van der Waals surface area contributed by atoms with Gasteiger partial charge in [0.1, 0.15) is 5.75 Å². The van der Waals surface area contributed by atoms with Crippen molar-refractivity contribution >= 4 is 28.3 Å². The Kier molecular flexibility index (Phi) is 6.22. The Balaban J connectivity index is 1.34. The molecule has 1 saturated heterocycles. The third-order valence-corrected chi connectivity index (χ3v) is 7.12. The first-order chi connectivity index (χ1) is 14.5. The molecule has 0 unspecified atom stereocenters. The van der Waals surface area contributed by atoms with Crippen LogP contribution in [0.4, 0.5) is 5.13 Å². The molecule has 160 valence electrons. The minimum absolute atomic E-state index is 0.0185. The minimum Gasteiger partial charge on any atom is -0.496 e. The molecular weight excluding hydrogens is 400 g/mol. The maximum atomic E-state index is 12.8. The number of aromatic nitrogens is 1. The molecule has 8 heteroatoms. The number of anilines is 1. The maximum Gasteiger partial charge on any atom is 0.223 e. The number of nitrogens with zero attached hydrogens (tertiary/aromatic N) is 3. The van der Waals surface area contributed by atoms with Crippen LogP contribution in [0.5, 0.6) is 5.75 Å². The van der Waals surface area contributed by atoms with Crippen LogP contribution in [0, 0.1) is 5.92 Å². The van der Waals surface area contributed by atoms with Crippen LogP contribution in [-0.4, -0.2) is 55.0 Å². The standard InChI is InChI=1S/C22H28N4O3S/c1-15(27)25-9-11-26(12-10-25)22-24-18-8-7-16(13-20(18)30-22)21(28)23-14-17-5-3-4-6-19(17)29-2/h3-6,16H,7-14H2,1-2H3,(H,23,28)/t16-/m1/s1. The van der Waals surface area contributed by atoms with E-state index in [9.17, 15) is 9.59 Å². The van der Waals surface area contributed by atoms with Crippen molar-refractivity contribution in [2.45, 2.75) is 32.7 Å². The molecule has 1 aromatic carbocycles. The molecule has 0 radical (unpaired) electrons. The third-order valence-electron chi connectivity index (χ3n) is 5.94. The molecule has 1 aliphatic heterocycles. The lowest BCUT2D eigenvalue weighted by Crippen LogP contribution is -2.48. The summed E-state index contributed by atoms with van der Waals surface area (Å²) in [5, 5.41) is 4.10. The van der Waals surface area contributed by atoms with Gasteiger partial charge in [0.2, 0.25) is 11.8 Å². The molecule has 1 aliphatic carbocycles. The Bertz CT molecular complexity index is 921. The Morgan fingerprint density at radius 2 is 2.00 bits per heavy atom.